The third-order valence-electron chi connectivity index (χ3n) is 5.33. The summed E-state index contributed by atoms with van der Waals surface area (Å²) >= 11 is 0. The van der Waals surface area contributed by atoms with Crippen molar-refractivity contribution in [1.29, 1.82) is 0 Å². The second-order valence-electron chi connectivity index (χ2n) is 7.27. The molecule has 0 bridgehead atoms. The van der Waals surface area contributed by atoms with E-state index in [4.69, 9.17) is 4.74 Å². The van der Waals surface area contributed by atoms with Gasteiger partial charge >= 0.3 is 0 Å². The summed E-state index contributed by atoms with van der Waals surface area (Å²) < 4.78 is 6.33. The summed E-state index contributed by atoms with van der Waals surface area (Å²) in [6, 6.07) is 8.01. The van der Waals surface area contributed by atoms with Crippen LogP contribution < -0.4 is 10.3 Å². The zero-order valence-corrected chi connectivity index (χ0v) is 15.4. The van der Waals surface area contributed by atoms with Crippen molar-refractivity contribution in [3.8, 4) is 5.75 Å². The first-order chi connectivity index (χ1) is 13.0. The van der Waals surface area contributed by atoms with Gasteiger partial charge in [0.15, 0.2) is 0 Å². The summed E-state index contributed by atoms with van der Waals surface area (Å²) in [4.78, 5) is 33.3. The number of nitrogens with zero attached hydrogens (tertiary/aromatic N) is 2. The third-order valence-corrected chi connectivity index (χ3v) is 5.33. The predicted molar refractivity (Wildman–Crippen MR) is 103 cm³/mol. The molecule has 4 rings (SSSR count). The zero-order valence-electron chi connectivity index (χ0n) is 15.4. The molecule has 1 atom stereocenters. The summed E-state index contributed by atoms with van der Waals surface area (Å²) in [5, 5.41) is 0. The molecule has 3 heterocycles. The zero-order chi connectivity index (χ0) is 18.9. The highest BCUT2D eigenvalue weighted by Gasteiger charge is 2.35. The van der Waals surface area contributed by atoms with Gasteiger partial charge in [0.2, 0.25) is 5.91 Å². The lowest BCUT2D eigenvalue weighted by atomic mass is 9.91. The number of ether oxygens (including phenoxy) is 1. The van der Waals surface area contributed by atoms with E-state index in [1.54, 1.807) is 6.92 Å². The number of benzene rings is 1. The molecule has 1 aromatic carbocycles. The molecule has 1 saturated heterocycles. The van der Waals surface area contributed by atoms with Crippen LogP contribution in [0.25, 0.3) is 6.08 Å². The number of hydrogen-bond donors (Lipinski definition) is 1. The average Bonchev–Trinajstić information content (AvgIpc) is 2.86. The van der Waals surface area contributed by atoms with Gasteiger partial charge in [0.05, 0.1) is 6.42 Å². The first kappa shape index (κ1) is 17.5. The van der Waals surface area contributed by atoms with Crippen LogP contribution in [-0.2, 0) is 11.2 Å². The van der Waals surface area contributed by atoms with Crippen molar-refractivity contribution in [2.75, 3.05) is 13.1 Å². The number of carbonyl (C=O) groups excluding carboxylic acids is 1. The Morgan fingerprint density at radius 2 is 2.15 bits per heavy atom. The molecule has 140 valence electrons. The van der Waals surface area contributed by atoms with Crippen molar-refractivity contribution in [3.05, 3.63) is 63.8 Å². The Morgan fingerprint density at radius 1 is 1.30 bits per heavy atom. The topological polar surface area (TPSA) is 75.3 Å². The molecular formula is C21H23N3O3. The molecule has 0 saturated carbocycles. The molecule has 2 aliphatic rings. The van der Waals surface area contributed by atoms with Crippen LogP contribution in [0.15, 0.2) is 41.3 Å². The molecule has 1 fully saturated rings. The first-order valence-electron chi connectivity index (χ1n) is 9.35. The fourth-order valence-corrected chi connectivity index (χ4v) is 3.76. The highest BCUT2D eigenvalue weighted by Crippen LogP contribution is 2.36. The second-order valence-corrected chi connectivity index (χ2v) is 7.27. The van der Waals surface area contributed by atoms with Gasteiger partial charge in [-0.05, 0) is 31.9 Å². The Balaban J connectivity index is 1.44. The number of para-hydroxylation sites is 1. The molecule has 2 aromatic rings. The highest BCUT2D eigenvalue weighted by molar-refractivity contribution is 5.78. The maximum atomic E-state index is 12.7. The van der Waals surface area contributed by atoms with Gasteiger partial charge in [-0.25, -0.2) is 4.98 Å². The molecular weight excluding hydrogens is 342 g/mol. The van der Waals surface area contributed by atoms with Gasteiger partial charge < -0.3 is 14.6 Å². The van der Waals surface area contributed by atoms with E-state index >= 15 is 0 Å². The van der Waals surface area contributed by atoms with Gasteiger partial charge in [0, 0.05) is 36.8 Å². The van der Waals surface area contributed by atoms with Gasteiger partial charge in [-0.1, -0.05) is 24.3 Å². The summed E-state index contributed by atoms with van der Waals surface area (Å²) in [5.41, 5.74) is 0.905. The summed E-state index contributed by atoms with van der Waals surface area (Å²) in [7, 11) is 0. The van der Waals surface area contributed by atoms with Crippen molar-refractivity contribution in [1.82, 2.24) is 14.9 Å². The minimum absolute atomic E-state index is 0.0385. The number of aryl methyl sites for hydroxylation is 1. The van der Waals surface area contributed by atoms with Crippen LogP contribution >= 0.6 is 0 Å². The number of H-pyrrole nitrogens is 1. The molecule has 1 amide bonds. The minimum Gasteiger partial charge on any atom is -0.483 e. The van der Waals surface area contributed by atoms with Crippen LogP contribution in [0.2, 0.25) is 0 Å². The Labute approximate surface area is 157 Å². The number of nitrogens with one attached hydrogen (secondary N) is 1. The molecule has 1 N–H and O–H groups in total. The van der Waals surface area contributed by atoms with Crippen molar-refractivity contribution in [3.63, 3.8) is 0 Å². The Bertz CT molecular complexity index is 950. The standard InChI is InChI=1S/C21H23N3O3/c1-15-22-14-17(20(26)23-15)13-19(25)24-11-4-8-21(10-12-24)9-7-16-5-2-3-6-18(16)27-21/h2-3,5-7,9,14H,4,8,10-13H2,1H3,(H,22,23,26). The van der Waals surface area contributed by atoms with Crippen molar-refractivity contribution in [2.24, 2.45) is 0 Å². The number of aromatic amines is 1. The number of rotatable bonds is 2. The van der Waals surface area contributed by atoms with Crippen molar-refractivity contribution >= 4 is 12.0 Å². The van der Waals surface area contributed by atoms with Crippen LogP contribution in [-0.4, -0.2) is 39.5 Å². The molecule has 0 aliphatic carbocycles. The monoisotopic (exact) mass is 365 g/mol. The largest absolute Gasteiger partial charge is 0.483 e. The summed E-state index contributed by atoms with van der Waals surface area (Å²) in [6.07, 6.45) is 8.30. The van der Waals surface area contributed by atoms with E-state index in [9.17, 15) is 9.59 Å². The van der Waals surface area contributed by atoms with Crippen molar-refractivity contribution in [2.45, 2.75) is 38.2 Å². The van der Waals surface area contributed by atoms with Crippen LogP contribution in [0.1, 0.15) is 36.2 Å². The molecule has 0 radical (unpaired) electrons. The lowest BCUT2D eigenvalue weighted by molar-refractivity contribution is -0.130. The molecule has 1 spiro atoms. The maximum Gasteiger partial charge on any atom is 0.254 e. The van der Waals surface area contributed by atoms with E-state index in [-0.39, 0.29) is 23.5 Å². The van der Waals surface area contributed by atoms with Crippen LogP contribution in [0.5, 0.6) is 5.75 Å². The van der Waals surface area contributed by atoms with E-state index in [0.717, 1.165) is 30.6 Å². The highest BCUT2D eigenvalue weighted by atomic mass is 16.5. The van der Waals surface area contributed by atoms with E-state index < -0.39 is 0 Å². The van der Waals surface area contributed by atoms with Gasteiger partial charge in [0.25, 0.3) is 5.56 Å². The number of likely N-dealkylation sites (tertiary alicyclic amines) is 1. The minimum atomic E-state index is -0.355. The van der Waals surface area contributed by atoms with Crippen LogP contribution in [0.4, 0.5) is 0 Å². The Morgan fingerprint density at radius 3 is 3.00 bits per heavy atom. The summed E-state index contributed by atoms with van der Waals surface area (Å²) in [6.45, 7) is 3.01. The lowest BCUT2D eigenvalue weighted by Crippen LogP contribution is -2.38. The van der Waals surface area contributed by atoms with E-state index in [2.05, 4.69) is 22.1 Å². The number of amides is 1. The number of hydrogen-bond acceptors (Lipinski definition) is 4. The SMILES string of the molecule is Cc1ncc(CC(=O)N2CCCC3(C=Cc4ccccc4O3)CC2)c(=O)[nH]1. The summed E-state index contributed by atoms with van der Waals surface area (Å²) in [5.74, 6) is 1.41. The number of aromatic nitrogens is 2. The molecule has 27 heavy (non-hydrogen) atoms. The second kappa shape index (κ2) is 7.02. The molecule has 6 nitrogen and oxygen atoms in total. The van der Waals surface area contributed by atoms with E-state index in [1.807, 2.05) is 29.2 Å². The molecule has 6 heteroatoms. The van der Waals surface area contributed by atoms with Gasteiger partial charge in [-0.15, -0.1) is 0 Å². The Hall–Kier alpha value is -2.89. The van der Waals surface area contributed by atoms with E-state index in [0.29, 0.717) is 24.5 Å². The fourth-order valence-electron chi connectivity index (χ4n) is 3.76. The van der Waals surface area contributed by atoms with Crippen LogP contribution in [0, 0.1) is 6.92 Å². The third kappa shape index (κ3) is 3.65. The number of fused-ring (bicyclic) bond motifs is 1. The lowest BCUT2D eigenvalue weighted by Gasteiger charge is -2.34. The van der Waals surface area contributed by atoms with Crippen LogP contribution in [0.3, 0.4) is 0 Å². The van der Waals surface area contributed by atoms with Gasteiger partial charge in [0.1, 0.15) is 17.2 Å². The quantitative estimate of drug-likeness (QED) is 0.887. The molecule has 1 aromatic heterocycles. The van der Waals surface area contributed by atoms with Gasteiger partial charge in [-0.2, -0.15) is 0 Å². The number of carbonyl (C=O) groups is 1. The Kier molecular flexibility index (Phi) is 4.56. The maximum absolute atomic E-state index is 12.7. The normalized spacial score (nSPS) is 21.4. The smallest absolute Gasteiger partial charge is 0.254 e. The molecule has 2 aliphatic heterocycles. The fraction of sp³-hybridized carbons (Fsp3) is 0.381. The van der Waals surface area contributed by atoms with Gasteiger partial charge in [-0.3, -0.25) is 9.59 Å². The van der Waals surface area contributed by atoms with E-state index in [1.165, 1.54) is 6.20 Å². The van der Waals surface area contributed by atoms with Crippen molar-refractivity contribution < 1.29 is 9.53 Å². The first-order valence-corrected chi connectivity index (χ1v) is 9.35. The predicted octanol–water partition coefficient (Wildman–Crippen LogP) is 2.48. The average molecular weight is 365 g/mol. The molecule has 1 unspecified atom stereocenters.